The molecule has 5 amide bonds. The number of urea groups is 1. The monoisotopic (exact) mass is 433 g/mol. The Hall–Kier alpha value is -3.48. The van der Waals surface area contributed by atoms with E-state index in [1.165, 1.54) is 0 Å². The predicted octanol–water partition coefficient (Wildman–Crippen LogP) is 3.06. The summed E-state index contributed by atoms with van der Waals surface area (Å²) in [6.07, 6.45) is 3.95. The second kappa shape index (κ2) is 9.77. The fraction of sp³-hybridized carbons (Fsp3) is 0.360. The molecule has 0 aromatic heterocycles. The lowest BCUT2D eigenvalue weighted by atomic mass is 9.88. The van der Waals surface area contributed by atoms with Crippen LogP contribution in [0.3, 0.4) is 0 Å². The molecule has 1 aliphatic carbocycles. The zero-order valence-corrected chi connectivity index (χ0v) is 17.9. The maximum absolute atomic E-state index is 12.6. The normalized spacial score (nSPS) is 17.0. The van der Waals surface area contributed by atoms with Gasteiger partial charge in [-0.25, -0.2) is 9.69 Å². The molecule has 2 aromatic carbocycles. The van der Waals surface area contributed by atoms with E-state index < -0.39 is 30.3 Å². The summed E-state index contributed by atoms with van der Waals surface area (Å²) in [5.41, 5.74) is 2.30. The number of amides is 5. The summed E-state index contributed by atoms with van der Waals surface area (Å²) >= 11 is 0. The summed E-state index contributed by atoms with van der Waals surface area (Å²) in [7, 11) is 0. The minimum absolute atomic E-state index is 0.104. The van der Waals surface area contributed by atoms with Crippen molar-refractivity contribution in [1.29, 1.82) is 0 Å². The van der Waals surface area contributed by atoms with E-state index in [9.17, 15) is 19.2 Å². The van der Waals surface area contributed by atoms with Gasteiger partial charge in [0, 0.05) is 18.5 Å². The predicted molar refractivity (Wildman–Crippen MR) is 119 cm³/mol. The molecule has 1 saturated heterocycles. The molecule has 0 bridgehead atoms. The number of hydrogen-bond acceptors (Lipinski definition) is 4. The number of imide groups is 2. The van der Waals surface area contributed by atoms with Crippen LogP contribution < -0.4 is 5.32 Å². The molecule has 1 saturated carbocycles. The van der Waals surface area contributed by atoms with Gasteiger partial charge in [-0.05, 0) is 30.4 Å². The van der Waals surface area contributed by atoms with Gasteiger partial charge in [-0.3, -0.25) is 19.3 Å². The van der Waals surface area contributed by atoms with Crippen LogP contribution in [-0.2, 0) is 14.4 Å². The van der Waals surface area contributed by atoms with Crippen molar-refractivity contribution < 1.29 is 19.2 Å². The van der Waals surface area contributed by atoms with Crippen LogP contribution in [0.25, 0.3) is 0 Å². The Kier molecular flexibility index (Phi) is 6.63. The molecule has 32 heavy (non-hydrogen) atoms. The van der Waals surface area contributed by atoms with Gasteiger partial charge in [0.15, 0.2) is 0 Å². The molecule has 2 fully saturated rings. The van der Waals surface area contributed by atoms with Crippen molar-refractivity contribution in [2.45, 2.75) is 44.1 Å². The van der Waals surface area contributed by atoms with Gasteiger partial charge in [0.05, 0.1) is 0 Å². The number of hydrogen-bond donors (Lipinski definition) is 1. The average Bonchev–Trinajstić information content (AvgIpc) is 3.41. The third-order valence-electron chi connectivity index (χ3n) is 6.23. The van der Waals surface area contributed by atoms with E-state index in [1.807, 2.05) is 36.4 Å². The number of rotatable bonds is 8. The lowest BCUT2D eigenvalue weighted by molar-refractivity contribution is -0.144. The maximum Gasteiger partial charge on any atom is 0.334 e. The molecule has 7 nitrogen and oxygen atoms in total. The lowest BCUT2D eigenvalue weighted by Gasteiger charge is -2.21. The molecule has 1 heterocycles. The molecule has 0 radical (unpaired) electrons. The van der Waals surface area contributed by atoms with Crippen molar-refractivity contribution in [3.05, 3.63) is 71.8 Å². The summed E-state index contributed by atoms with van der Waals surface area (Å²) < 4.78 is 0. The van der Waals surface area contributed by atoms with Gasteiger partial charge in [0.1, 0.15) is 6.54 Å². The number of carbonyl (C=O) groups is 4. The minimum Gasteiger partial charge on any atom is -0.355 e. The van der Waals surface area contributed by atoms with E-state index in [2.05, 4.69) is 29.6 Å². The van der Waals surface area contributed by atoms with Crippen molar-refractivity contribution in [2.75, 3.05) is 13.1 Å². The molecule has 166 valence electrons. The minimum atomic E-state index is -0.913. The summed E-state index contributed by atoms with van der Waals surface area (Å²) in [6.45, 7) is -0.0578. The number of carbonyl (C=O) groups excluding carboxylic acids is 4. The zero-order chi connectivity index (χ0) is 22.5. The van der Waals surface area contributed by atoms with Gasteiger partial charge in [0.2, 0.25) is 5.91 Å². The number of benzene rings is 2. The molecule has 1 N–H and O–H groups in total. The van der Waals surface area contributed by atoms with Crippen LogP contribution in [0.4, 0.5) is 4.79 Å². The largest absolute Gasteiger partial charge is 0.355 e. The van der Waals surface area contributed by atoms with E-state index in [1.54, 1.807) is 0 Å². The van der Waals surface area contributed by atoms with Gasteiger partial charge >= 0.3 is 17.8 Å². The SMILES string of the molecule is O=C(CN1C(=O)C(=O)N(C2CCCC2)C1=O)NCCC(c1ccccc1)c1ccccc1. The van der Waals surface area contributed by atoms with Gasteiger partial charge in [0.25, 0.3) is 0 Å². The Bertz CT molecular complexity index is 947. The summed E-state index contributed by atoms with van der Waals surface area (Å²) in [5.74, 6) is -2.08. The van der Waals surface area contributed by atoms with Crippen molar-refractivity contribution in [3.8, 4) is 0 Å². The highest BCUT2D eigenvalue weighted by Crippen LogP contribution is 2.28. The van der Waals surface area contributed by atoms with Crippen LogP contribution in [-0.4, -0.2) is 52.7 Å². The number of nitrogens with one attached hydrogen (secondary N) is 1. The molecule has 2 aliphatic rings. The summed E-state index contributed by atoms with van der Waals surface area (Å²) in [5, 5.41) is 2.81. The Morgan fingerprint density at radius 1 is 0.875 bits per heavy atom. The first-order valence-electron chi connectivity index (χ1n) is 11.1. The van der Waals surface area contributed by atoms with E-state index >= 15 is 0 Å². The van der Waals surface area contributed by atoms with Crippen LogP contribution in [0, 0.1) is 0 Å². The quantitative estimate of drug-likeness (QED) is 0.512. The van der Waals surface area contributed by atoms with Crippen molar-refractivity contribution in [2.24, 2.45) is 0 Å². The Labute approximate surface area is 187 Å². The van der Waals surface area contributed by atoms with Crippen molar-refractivity contribution >= 4 is 23.8 Å². The second-order valence-corrected chi connectivity index (χ2v) is 8.30. The lowest BCUT2D eigenvalue weighted by Crippen LogP contribution is -2.43. The van der Waals surface area contributed by atoms with Crippen LogP contribution in [0.5, 0.6) is 0 Å². The van der Waals surface area contributed by atoms with Gasteiger partial charge in [-0.2, -0.15) is 0 Å². The highest BCUT2D eigenvalue weighted by atomic mass is 16.2. The van der Waals surface area contributed by atoms with Gasteiger partial charge < -0.3 is 5.32 Å². The van der Waals surface area contributed by atoms with Gasteiger partial charge in [-0.15, -0.1) is 0 Å². The Morgan fingerprint density at radius 3 is 2.00 bits per heavy atom. The van der Waals surface area contributed by atoms with Crippen molar-refractivity contribution in [1.82, 2.24) is 15.1 Å². The topological polar surface area (TPSA) is 86.8 Å². The fourth-order valence-electron chi connectivity index (χ4n) is 4.60. The molecule has 4 rings (SSSR count). The second-order valence-electron chi connectivity index (χ2n) is 8.30. The molecule has 0 unspecified atom stereocenters. The van der Waals surface area contributed by atoms with E-state index in [0.29, 0.717) is 25.8 Å². The molecule has 1 aliphatic heterocycles. The third kappa shape index (κ3) is 4.56. The average molecular weight is 434 g/mol. The van der Waals surface area contributed by atoms with Crippen LogP contribution in [0.2, 0.25) is 0 Å². The molecular weight excluding hydrogens is 406 g/mol. The smallest absolute Gasteiger partial charge is 0.334 e. The molecule has 0 spiro atoms. The highest BCUT2D eigenvalue weighted by molar-refractivity contribution is 6.45. The van der Waals surface area contributed by atoms with E-state index in [-0.39, 0.29) is 12.0 Å². The number of nitrogens with zero attached hydrogens (tertiary/aromatic N) is 2. The zero-order valence-electron chi connectivity index (χ0n) is 17.9. The molecule has 7 heteroatoms. The van der Waals surface area contributed by atoms with Crippen LogP contribution in [0.15, 0.2) is 60.7 Å². The van der Waals surface area contributed by atoms with Crippen LogP contribution >= 0.6 is 0 Å². The molecule has 0 atom stereocenters. The standard InChI is InChI=1S/C25H27N3O4/c29-22(17-27-23(30)24(31)28(25(27)32)20-13-7-8-14-20)26-16-15-21(18-9-3-1-4-10-18)19-11-5-2-6-12-19/h1-6,9-12,20-21H,7-8,13-17H2,(H,26,29). The molecular formula is C25H27N3O4. The first kappa shape index (κ1) is 21.7. The fourth-order valence-corrected chi connectivity index (χ4v) is 4.60. The van der Waals surface area contributed by atoms with Crippen molar-refractivity contribution in [3.63, 3.8) is 0 Å². The van der Waals surface area contributed by atoms with Gasteiger partial charge in [-0.1, -0.05) is 73.5 Å². The maximum atomic E-state index is 12.6. The van der Waals surface area contributed by atoms with E-state index in [4.69, 9.17) is 0 Å². The molecule has 2 aromatic rings. The summed E-state index contributed by atoms with van der Waals surface area (Å²) in [4.78, 5) is 51.5. The van der Waals surface area contributed by atoms with E-state index in [0.717, 1.165) is 33.8 Å². The highest BCUT2D eigenvalue weighted by Gasteiger charge is 2.48. The third-order valence-corrected chi connectivity index (χ3v) is 6.23. The summed E-state index contributed by atoms with van der Waals surface area (Å²) in [6, 6.07) is 19.2. The Balaban J connectivity index is 1.35. The van der Waals surface area contributed by atoms with Crippen LogP contribution in [0.1, 0.15) is 49.1 Å². The Morgan fingerprint density at radius 2 is 1.44 bits per heavy atom. The first-order valence-corrected chi connectivity index (χ1v) is 11.1. The first-order chi connectivity index (χ1) is 15.6.